The van der Waals surface area contributed by atoms with E-state index in [9.17, 15) is 22.8 Å². The topological polar surface area (TPSA) is 130 Å². The number of sulfone groups is 1. The lowest BCUT2D eigenvalue weighted by Crippen LogP contribution is -2.41. The van der Waals surface area contributed by atoms with Crippen LogP contribution in [0.4, 0.5) is 4.79 Å². The maximum Gasteiger partial charge on any atom is 0.321 e. The number of imide groups is 1. The van der Waals surface area contributed by atoms with Crippen LogP contribution in [0.2, 0.25) is 0 Å². The second kappa shape index (κ2) is 7.22. The first-order valence-corrected chi connectivity index (χ1v) is 8.10. The molecular weight excluding hydrogens is 288 g/mol. The number of hydrogen-bond donors (Lipinski definition) is 3. The van der Waals surface area contributed by atoms with Gasteiger partial charge >= 0.3 is 12.0 Å². The summed E-state index contributed by atoms with van der Waals surface area (Å²) in [5.41, 5.74) is 0. The van der Waals surface area contributed by atoms with Gasteiger partial charge in [-0.05, 0) is 18.8 Å². The highest BCUT2D eigenvalue weighted by Gasteiger charge is 2.27. The molecule has 0 aliphatic carbocycles. The van der Waals surface area contributed by atoms with Gasteiger partial charge in [-0.3, -0.25) is 14.9 Å². The van der Waals surface area contributed by atoms with Crippen molar-refractivity contribution < 1.29 is 27.9 Å². The van der Waals surface area contributed by atoms with E-state index in [1.54, 1.807) is 0 Å². The molecule has 1 aliphatic rings. The van der Waals surface area contributed by atoms with E-state index < -0.39 is 27.7 Å². The van der Waals surface area contributed by atoms with Crippen LogP contribution in [-0.4, -0.2) is 49.5 Å². The van der Waals surface area contributed by atoms with Crippen molar-refractivity contribution in [3.8, 4) is 0 Å². The van der Waals surface area contributed by atoms with Gasteiger partial charge in [0, 0.05) is 19.4 Å². The summed E-state index contributed by atoms with van der Waals surface area (Å²) < 4.78 is 22.4. The number of carbonyl (C=O) groups excluding carboxylic acids is 2. The molecule has 1 heterocycles. The van der Waals surface area contributed by atoms with Crippen LogP contribution >= 0.6 is 0 Å². The Labute approximate surface area is 116 Å². The Bertz CT molecular complexity index is 487. The van der Waals surface area contributed by atoms with Crippen LogP contribution < -0.4 is 10.6 Å². The Morgan fingerprint density at radius 2 is 1.90 bits per heavy atom. The van der Waals surface area contributed by atoms with Gasteiger partial charge in [-0.2, -0.15) is 0 Å². The highest BCUT2D eigenvalue weighted by atomic mass is 32.2. The van der Waals surface area contributed by atoms with Gasteiger partial charge in [-0.1, -0.05) is 0 Å². The molecule has 1 unspecified atom stereocenters. The van der Waals surface area contributed by atoms with E-state index in [4.69, 9.17) is 5.11 Å². The van der Waals surface area contributed by atoms with Crippen molar-refractivity contribution in [2.75, 3.05) is 18.1 Å². The van der Waals surface area contributed by atoms with E-state index in [2.05, 4.69) is 10.6 Å². The predicted molar refractivity (Wildman–Crippen MR) is 69.8 cm³/mol. The second-order valence-corrected chi connectivity index (χ2v) is 7.00. The summed E-state index contributed by atoms with van der Waals surface area (Å²) in [6.07, 6.45) is 0.497. The number of amides is 3. The number of nitrogens with one attached hydrogen (secondary N) is 2. The minimum absolute atomic E-state index is 0.0441. The molecule has 0 aromatic heterocycles. The van der Waals surface area contributed by atoms with Crippen LogP contribution in [0.3, 0.4) is 0 Å². The molecular formula is C11H18N2O6S. The lowest BCUT2D eigenvalue weighted by molar-refractivity contribution is -0.137. The molecule has 1 saturated heterocycles. The van der Waals surface area contributed by atoms with E-state index in [-0.39, 0.29) is 43.2 Å². The van der Waals surface area contributed by atoms with Crippen LogP contribution in [-0.2, 0) is 19.4 Å². The Hall–Kier alpha value is -1.64. The molecule has 8 nitrogen and oxygen atoms in total. The molecule has 0 aromatic rings. The minimum atomic E-state index is -2.98. The first-order valence-electron chi connectivity index (χ1n) is 6.28. The number of hydrogen-bond acceptors (Lipinski definition) is 5. The number of urea groups is 1. The molecule has 114 valence electrons. The molecule has 0 radical (unpaired) electrons. The first kappa shape index (κ1) is 16.4. The fourth-order valence-corrected chi connectivity index (χ4v) is 3.77. The summed E-state index contributed by atoms with van der Waals surface area (Å²) in [5, 5.41) is 12.9. The third-order valence-electron chi connectivity index (χ3n) is 2.93. The molecule has 20 heavy (non-hydrogen) atoms. The van der Waals surface area contributed by atoms with Crippen LogP contribution in [0.1, 0.15) is 25.7 Å². The maximum atomic E-state index is 11.4. The number of aliphatic carboxylic acids is 1. The molecule has 0 aromatic carbocycles. The van der Waals surface area contributed by atoms with Crippen molar-refractivity contribution in [3.05, 3.63) is 0 Å². The molecule has 1 fully saturated rings. The zero-order chi connectivity index (χ0) is 15.2. The third kappa shape index (κ3) is 6.50. The fourth-order valence-electron chi connectivity index (χ4n) is 1.90. The number of rotatable bonds is 6. The quantitative estimate of drug-likeness (QED) is 0.606. The summed E-state index contributed by atoms with van der Waals surface area (Å²) in [5.74, 6) is -1.48. The van der Waals surface area contributed by atoms with E-state index in [1.807, 2.05) is 0 Å². The van der Waals surface area contributed by atoms with Gasteiger partial charge in [0.25, 0.3) is 0 Å². The third-order valence-corrected chi connectivity index (χ3v) is 4.76. The average Bonchev–Trinajstić information content (AvgIpc) is 2.66. The smallest absolute Gasteiger partial charge is 0.321 e. The van der Waals surface area contributed by atoms with Crippen molar-refractivity contribution in [2.24, 2.45) is 5.92 Å². The summed E-state index contributed by atoms with van der Waals surface area (Å²) in [6, 6.07) is -0.686. The first-order chi connectivity index (χ1) is 9.28. The summed E-state index contributed by atoms with van der Waals surface area (Å²) in [7, 11) is -2.98. The average molecular weight is 306 g/mol. The highest BCUT2D eigenvalue weighted by Crippen LogP contribution is 2.17. The van der Waals surface area contributed by atoms with E-state index in [0.29, 0.717) is 6.42 Å². The zero-order valence-corrected chi connectivity index (χ0v) is 11.7. The molecule has 1 rings (SSSR count). The molecule has 0 saturated carbocycles. The van der Waals surface area contributed by atoms with E-state index >= 15 is 0 Å². The van der Waals surface area contributed by atoms with Crippen molar-refractivity contribution in [3.63, 3.8) is 0 Å². The molecule has 0 bridgehead atoms. The number of carboxylic acids is 1. The van der Waals surface area contributed by atoms with Gasteiger partial charge in [0.05, 0.1) is 11.5 Å². The molecule has 0 spiro atoms. The lowest BCUT2D eigenvalue weighted by atomic mass is 10.1. The largest absolute Gasteiger partial charge is 0.481 e. The molecule has 1 atom stereocenters. The molecule has 9 heteroatoms. The SMILES string of the molecule is O=C(O)CCCC(=O)NC(=O)NCC1CCS(=O)(=O)C1. The summed E-state index contributed by atoms with van der Waals surface area (Å²) in [6.45, 7) is 0.202. The van der Waals surface area contributed by atoms with Crippen LogP contribution in [0.25, 0.3) is 0 Å². The normalized spacial score (nSPS) is 20.3. The molecule has 3 N–H and O–H groups in total. The van der Waals surface area contributed by atoms with Gasteiger partial charge in [0.2, 0.25) is 5.91 Å². The zero-order valence-electron chi connectivity index (χ0n) is 10.9. The Balaban J connectivity index is 2.17. The Morgan fingerprint density at radius 3 is 2.45 bits per heavy atom. The van der Waals surface area contributed by atoms with Crippen LogP contribution in [0, 0.1) is 5.92 Å². The second-order valence-electron chi connectivity index (χ2n) is 4.77. The van der Waals surface area contributed by atoms with Crippen molar-refractivity contribution in [2.45, 2.75) is 25.7 Å². The summed E-state index contributed by atoms with van der Waals surface area (Å²) in [4.78, 5) is 32.9. The fraction of sp³-hybridized carbons (Fsp3) is 0.727. The number of carboxylic acid groups (broad SMARTS) is 1. The summed E-state index contributed by atoms with van der Waals surface area (Å²) >= 11 is 0. The Kier molecular flexibility index (Phi) is 5.93. The van der Waals surface area contributed by atoms with Gasteiger partial charge in [0.15, 0.2) is 9.84 Å². The van der Waals surface area contributed by atoms with Gasteiger partial charge in [0.1, 0.15) is 0 Å². The van der Waals surface area contributed by atoms with E-state index in [0.717, 1.165) is 0 Å². The number of carbonyl (C=O) groups is 3. The van der Waals surface area contributed by atoms with Crippen molar-refractivity contribution >= 4 is 27.7 Å². The van der Waals surface area contributed by atoms with Crippen molar-refractivity contribution in [1.29, 1.82) is 0 Å². The predicted octanol–water partition coefficient (Wildman–Crippen LogP) is -0.498. The standard InChI is InChI=1S/C11H18N2O6S/c14-9(2-1-3-10(15)16)13-11(17)12-6-8-4-5-20(18,19)7-8/h8H,1-7H2,(H,15,16)(H2,12,13,14,17). The van der Waals surface area contributed by atoms with Crippen LogP contribution in [0.15, 0.2) is 0 Å². The van der Waals surface area contributed by atoms with Crippen molar-refractivity contribution in [1.82, 2.24) is 10.6 Å². The van der Waals surface area contributed by atoms with Gasteiger partial charge in [-0.15, -0.1) is 0 Å². The van der Waals surface area contributed by atoms with E-state index in [1.165, 1.54) is 0 Å². The maximum absolute atomic E-state index is 11.4. The van der Waals surface area contributed by atoms with Gasteiger partial charge in [-0.25, -0.2) is 13.2 Å². The minimum Gasteiger partial charge on any atom is -0.481 e. The Morgan fingerprint density at radius 1 is 1.20 bits per heavy atom. The van der Waals surface area contributed by atoms with Crippen LogP contribution in [0.5, 0.6) is 0 Å². The molecule has 3 amide bonds. The lowest BCUT2D eigenvalue weighted by Gasteiger charge is -2.10. The molecule has 1 aliphatic heterocycles. The van der Waals surface area contributed by atoms with Gasteiger partial charge < -0.3 is 10.4 Å². The monoisotopic (exact) mass is 306 g/mol. The highest BCUT2D eigenvalue weighted by molar-refractivity contribution is 7.91.